The Balaban J connectivity index is 1.95. The van der Waals surface area contributed by atoms with Gasteiger partial charge in [-0.05, 0) is 29.7 Å². The van der Waals surface area contributed by atoms with E-state index < -0.39 is 6.10 Å². The first-order valence-electron chi connectivity index (χ1n) is 7.75. The van der Waals surface area contributed by atoms with Crippen LogP contribution in [0.1, 0.15) is 32.3 Å². The fraction of sp³-hybridized carbons (Fsp3) is 0.471. The molecule has 2 rings (SSSR count). The smallest absolute Gasteiger partial charge is 0.224 e. The summed E-state index contributed by atoms with van der Waals surface area (Å²) < 4.78 is 0. The number of aliphatic hydroxyl groups is 1. The van der Waals surface area contributed by atoms with Crippen LogP contribution >= 0.6 is 11.6 Å². The maximum Gasteiger partial charge on any atom is 0.224 e. The lowest BCUT2D eigenvalue weighted by molar-refractivity contribution is -0.121. The van der Waals surface area contributed by atoms with E-state index in [9.17, 15) is 9.90 Å². The lowest BCUT2D eigenvalue weighted by Gasteiger charge is -2.20. The maximum atomic E-state index is 12.1. The van der Waals surface area contributed by atoms with Gasteiger partial charge in [0.25, 0.3) is 0 Å². The summed E-state index contributed by atoms with van der Waals surface area (Å²) >= 11 is 6.01. The third-order valence-corrected chi connectivity index (χ3v) is 4.42. The van der Waals surface area contributed by atoms with Gasteiger partial charge in [0.05, 0.1) is 12.5 Å². The molecule has 0 saturated carbocycles. The molecule has 0 spiro atoms. The summed E-state index contributed by atoms with van der Waals surface area (Å²) in [7, 11) is 0. The molecule has 22 heavy (non-hydrogen) atoms. The van der Waals surface area contributed by atoms with Crippen LogP contribution in [0.4, 0.5) is 0 Å². The molecular weight excluding hydrogens is 300 g/mol. The number of H-pyrrole nitrogens is 1. The van der Waals surface area contributed by atoms with Crippen molar-refractivity contribution < 1.29 is 9.90 Å². The zero-order chi connectivity index (χ0) is 16.1. The summed E-state index contributed by atoms with van der Waals surface area (Å²) in [5.41, 5.74) is 1.87. The first kappa shape index (κ1) is 16.8. The fourth-order valence-electron chi connectivity index (χ4n) is 2.75. The highest BCUT2D eigenvalue weighted by molar-refractivity contribution is 6.31. The van der Waals surface area contributed by atoms with Crippen molar-refractivity contribution in [2.75, 3.05) is 6.54 Å². The average molecular weight is 323 g/mol. The standard InChI is InChI=1S/C17H23ClN2O2/c1-3-11(4-2)16(21)10-20-17(22)7-12-9-19-15-6-5-13(18)8-14(12)15/h5-6,8-9,11,16,19,21H,3-4,7,10H2,1-2H3,(H,20,22). The summed E-state index contributed by atoms with van der Waals surface area (Å²) in [6, 6.07) is 5.57. The van der Waals surface area contributed by atoms with E-state index in [0.29, 0.717) is 11.6 Å². The van der Waals surface area contributed by atoms with Crippen molar-refractivity contribution in [1.29, 1.82) is 0 Å². The van der Waals surface area contributed by atoms with Crippen LogP contribution in [0.15, 0.2) is 24.4 Å². The van der Waals surface area contributed by atoms with Crippen molar-refractivity contribution in [3.63, 3.8) is 0 Å². The van der Waals surface area contributed by atoms with Gasteiger partial charge < -0.3 is 15.4 Å². The Morgan fingerprint density at radius 3 is 2.77 bits per heavy atom. The van der Waals surface area contributed by atoms with Crippen molar-refractivity contribution >= 4 is 28.4 Å². The molecule has 1 aromatic carbocycles. The molecule has 0 saturated heterocycles. The second-order valence-electron chi connectivity index (χ2n) is 5.63. The molecule has 3 N–H and O–H groups in total. The van der Waals surface area contributed by atoms with E-state index in [1.54, 1.807) is 0 Å². The number of halogens is 1. The zero-order valence-corrected chi connectivity index (χ0v) is 13.8. The molecule has 0 fully saturated rings. The van der Waals surface area contributed by atoms with Crippen molar-refractivity contribution in [2.24, 2.45) is 5.92 Å². The zero-order valence-electron chi connectivity index (χ0n) is 13.0. The summed E-state index contributed by atoms with van der Waals surface area (Å²) in [6.07, 6.45) is 3.44. The second-order valence-corrected chi connectivity index (χ2v) is 6.07. The summed E-state index contributed by atoms with van der Waals surface area (Å²) in [5.74, 6) is 0.137. The highest BCUT2D eigenvalue weighted by Crippen LogP contribution is 2.22. The van der Waals surface area contributed by atoms with Crippen molar-refractivity contribution in [2.45, 2.75) is 39.2 Å². The maximum absolute atomic E-state index is 12.1. The molecule has 1 unspecified atom stereocenters. The molecule has 1 atom stereocenters. The van der Waals surface area contributed by atoms with Gasteiger partial charge in [-0.3, -0.25) is 4.79 Å². The Morgan fingerprint density at radius 2 is 2.09 bits per heavy atom. The minimum atomic E-state index is -0.489. The molecule has 1 aromatic heterocycles. The topological polar surface area (TPSA) is 65.1 Å². The fourth-order valence-corrected chi connectivity index (χ4v) is 2.92. The normalized spacial score (nSPS) is 12.8. The Kier molecular flexibility index (Phi) is 5.86. The van der Waals surface area contributed by atoms with Crippen LogP contribution in [0.25, 0.3) is 10.9 Å². The first-order valence-corrected chi connectivity index (χ1v) is 8.13. The lowest BCUT2D eigenvalue weighted by Crippen LogP contribution is -2.36. The Morgan fingerprint density at radius 1 is 1.36 bits per heavy atom. The molecule has 1 amide bonds. The van der Waals surface area contributed by atoms with E-state index in [2.05, 4.69) is 24.1 Å². The van der Waals surface area contributed by atoms with Crippen LogP contribution in [0.3, 0.4) is 0 Å². The number of rotatable bonds is 7. The minimum Gasteiger partial charge on any atom is -0.391 e. The molecule has 0 radical (unpaired) electrons. The third kappa shape index (κ3) is 4.02. The van der Waals surface area contributed by atoms with Crippen LogP contribution in [0, 0.1) is 5.92 Å². The van der Waals surface area contributed by atoms with Gasteiger partial charge >= 0.3 is 0 Å². The van der Waals surface area contributed by atoms with E-state index in [1.165, 1.54) is 0 Å². The highest BCUT2D eigenvalue weighted by atomic mass is 35.5. The molecule has 1 heterocycles. The largest absolute Gasteiger partial charge is 0.391 e. The van der Waals surface area contributed by atoms with E-state index in [4.69, 9.17) is 11.6 Å². The van der Waals surface area contributed by atoms with Gasteiger partial charge in [-0.25, -0.2) is 0 Å². The number of hydrogen-bond donors (Lipinski definition) is 3. The number of carbonyl (C=O) groups is 1. The average Bonchev–Trinajstić information content (AvgIpc) is 2.88. The quantitative estimate of drug-likeness (QED) is 0.732. The van der Waals surface area contributed by atoms with Crippen LogP contribution in [0.5, 0.6) is 0 Å². The molecule has 5 heteroatoms. The number of nitrogens with one attached hydrogen (secondary N) is 2. The number of hydrogen-bond acceptors (Lipinski definition) is 2. The van der Waals surface area contributed by atoms with Gasteiger partial charge in [0, 0.05) is 28.7 Å². The number of fused-ring (bicyclic) bond motifs is 1. The first-order chi connectivity index (χ1) is 10.5. The number of aromatic amines is 1. The Hall–Kier alpha value is -1.52. The third-order valence-electron chi connectivity index (χ3n) is 4.18. The van der Waals surface area contributed by atoms with E-state index in [0.717, 1.165) is 29.3 Å². The molecular formula is C17H23ClN2O2. The van der Waals surface area contributed by atoms with Crippen LogP contribution < -0.4 is 5.32 Å². The predicted molar refractivity (Wildman–Crippen MR) is 90.1 cm³/mol. The van der Waals surface area contributed by atoms with Gasteiger partial charge in [-0.2, -0.15) is 0 Å². The number of benzene rings is 1. The van der Waals surface area contributed by atoms with E-state index in [-0.39, 0.29) is 18.2 Å². The summed E-state index contributed by atoms with van der Waals surface area (Å²) in [4.78, 5) is 15.2. The SMILES string of the molecule is CCC(CC)C(O)CNC(=O)Cc1c[nH]c2ccc(Cl)cc12. The lowest BCUT2D eigenvalue weighted by atomic mass is 9.96. The van der Waals surface area contributed by atoms with Gasteiger partial charge in [0.2, 0.25) is 5.91 Å². The van der Waals surface area contributed by atoms with E-state index in [1.807, 2.05) is 24.4 Å². The van der Waals surface area contributed by atoms with Crippen molar-refractivity contribution in [3.8, 4) is 0 Å². The summed E-state index contributed by atoms with van der Waals surface area (Å²) in [5, 5.41) is 14.5. The Labute approximate surface area is 135 Å². The number of aromatic nitrogens is 1. The second kappa shape index (κ2) is 7.65. The molecule has 0 bridgehead atoms. The van der Waals surface area contributed by atoms with Crippen molar-refractivity contribution in [1.82, 2.24) is 10.3 Å². The van der Waals surface area contributed by atoms with Crippen LogP contribution in [-0.4, -0.2) is 28.6 Å². The van der Waals surface area contributed by atoms with Gasteiger partial charge in [0.1, 0.15) is 0 Å². The molecule has 0 aliphatic heterocycles. The molecule has 2 aromatic rings. The van der Waals surface area contributed by atoms with Gasteiger partial charge in [0.15, 0.2) is 0 Å². The summed E-state index contributed by atoms with van der Waals surface area (Å²) in [6.45, 7) is 4.40. The molecule has 0 aliphatic carbocycles. The highest BCUT2D eigenvalue weighted by Gasteiger charge is 2.16. The van der Waals surface area contributed by atoms with Gasteiger partial charge in [-0.1, -0.05) is 38.3 Å². The van der Waals surface area contributed by atoms with Crippen LogP contribution in [-0.2, 0) is 11.2 Å². The number of carbonyl (C=O) groups excluding carboxylic acids is 1. The van der Waals surface area contributed by atoms with E-state index >= 15 is 0 Å². The van der Waals surface area contributed by atoms with Crippen molar-refractivity contribution in [3.05, 3.63) is 35.0 Å². The molecule has 120 valence electrons. The number of aliphatic hydroxyl groups excluding tert-OH is 1. The minimum absolute atomic E-state index is 0.0918. The number of amides is 1. The molecule has 0 aliphatic rings. The van der Waals surface area contributed by atoms with Gasteiger partial charge in [-0.15, -0.1) is 0 Å². The van der Waals surface area contributed by atoms with Crippen LogP contribution in [0.2, 0.25) is 5.02 Å². The monoisotopic (exact) mass is 322 g/mol. The molecule has 4 nitrogen and oxygen atoms in total. The Bertz CT molecular complexity index is 635. The predicted octanol–water partition coefficient (Wildman–Crippen LogP) is 3.28.